The molecule has 0 heterocycles. The van der Waals surface area contributed by atoms with Crippen molar-refractivity contribution in [3.63, 3.8) is 0 Å². The maximum atomic E-state index is 13.7. The molecule has 37 heavy (non-hydrogen) atoms. The second-order valence-corrected chi connectivity index (χ2v) is 10.1. The molecule has 0 aromatic heterocycles. The Balaban J connectivity index is 1.93. The number of amides is 2. The van der Waals surface area contributed by atoms with Gasteiger partial charge in [0, 0.05) is 29.1 Å². The van der Waals surface area contributed by atoms with Crippen molar-refractivity contribution in [3.05, 3.63) is 99.0 Å². The number of ether oxygens (including phenoxy) is 1. The highest BCUT2D eigenvalue weighted by molar-refractivity contribution is 6.32. The van der Waals surface area contributed by atoms with Crippen molar-refractivity contribution in [2.45, 2.75) is 59.2 Å². The van der Waals surface area contributed by atoms with Crippen molar-refractivity contribution in [2.24, 2.45) is 0 Å². The molecule has 0 saturated carbocycles. The van der Waals surface area contributed by atoms with Crippen molar-refractivity contribution in [1.82, 2.24) is 10.2 Å². The largest absolute Gasteiger partial charge is 0.484 e. The van der Waals surface area contributed by atoms with Crippen LogP contribution in [0.3, 0.4) is 0 Å². The van der Waals surface area contributed by atoms with Crippen LogP contribution in [-0.4, -0.2) is 35.4 Å². The molecule has 3 aromatic rings. The highest BCUT2D eigenvalue weighted by Crippen LogP contribution is 2.26. The van der Waals surface area contributed by atoms with Gasteiger partial charge in [-0.1, -0.05) is 72.6 Å². The van der Waals surface area contributed by atoms with Gasteiger partial charge in [0.25, 0.3) is 5.91 Å². The molecule has 1 N–H and O–H groups in total. The predicted molar refractivity (Wildman–Crippen MR) is 150 cm³/mol. The molecule has 0 aliphatic carbocycles. The van der Waals surface area contributed by atoms with Gasteiger partial charge in [-0.2, -0.15) is 0 Å². The van der Waals surface area contributed by atoms with E-state index >= 15 is 0 Å². The van der Waals surface area contributed by atoms with Gasteiger partial charge in [-0.25, -0.2) is 0 Å². The Hall–Kier alpha value is -3.02. The summed E-state index contributed by atoms with van der Waals surface area (Å²) in [5.74, 6) is 0.0522. The molecule has 0 aliphatic rings. The average Bonchev–Trinajstić information content (AvgIpc) is 2.88. The van der Waals surface area contributed by atoms with E-state index in [0.29, 0.717) is 22.2 Å². The summed E-state index contributed by atoms with van der Waals surface area (Å²) < 4.78 is 5.90. The average molecular weight is 542 g/mol. The Labute approximate surface area is 229 Å². The van der Waals surface area contributed by atoms with Crippen LogP contribution in [0.25, 0.3) is 0 Å². The summed E-state index contributed by atoms with van der Waals surface area (Å²) in [6, 6.07) is 19.9. The van der Waals surface area contributed by atoms with Crippen LogP contribution in [0.15, 0.2) is 66.7 Å². The zero-order chi connectivity index (χ0) is 26.9. The number of nitrogens with one attached hydrogen (secondary N) is 1. The van der Waals surface area contributed by atoms with E-state index in [-0.39, 0.29) is 31.0 Å². The van der Waals surface area contributed by atoms with Crippen LogP contribution in [0.1, 0.15) is 42.5 Å². The van der Waals surface area contributed by atoms with Crippen LogP contribution >= 0.6 is 23.2 Å². The maximum absolute atomic E-state index is 13.7. The molecule has 0 radical (unpaired) electrons. The van der Waals surface area contributed by atoms with Crippen molar-refractivity contribution in [3.8, 4) is 5.75 Å². The van der Waals surface area contributed by atoms with E-state index in [1.54, 1.807) is 29.2 Å². The molecule has 3 rings (SSSR count). The van der Waals surface area contributed by atoms with Gasteiger partial charge in [0.2, 0.25) is 5.91 Å². The molecule has 0 saturated heterocycles. The fourth-order valence-electron chi connectivity index (χ4n) is 4.04. The third-order valence-electron chi connectivity index (χ3n) is 6.29. The van der Waals surface area contributed by atoms with E-state index < -0.39 is 6.04 Å². The molecule has 0 fully saturated rings. The minimum absolute atomic E-state index is 0.0230. The van der Waals surface area contributed by atoms with Crippen molar-refractivity contribution >= 4 is 35.0 Å². The smallest absolute Gasteiger partial charge is 0.261 e. The Morgan fingerprint density at radius 1 is 0.946 bits per heavy atom. The third-order valence-corrected chi connectivity index (χ3v) is 7.12. The zero-order valence-electron chi connectivity index (χ0n) is 21.8. The van der Waals surface area contributed by atoms with Gasteiger partial charge >= 0.3 is 0 Å². The molecule has 2 amide bonds. The summed E-state index contributed by atoms with van der Waals surface area (Å²) >= 11 is 12.5. The molecule has 0 unspecified atom stereocenters. The van der Waals surface area contributed by atoms with E-state index in [0.717, 1.165) is 28.7 Å². The van der Waals surface area contributed by atoms with Gasteiger partial charge < -0.3 is 15.0 Å². The lowest BCUT2D eigenvalue weighted by Gasteiger charge is -2.32. The molecule has 0 aliphatic heterocycles. The van der Waals surface area contributed by atoms with E-state index in [1.807, 2.05) is 70.2 Å². The standard InChI is InChI=1S/C30H34Cl2N2O3/c1-5-22(4)33-30(36)27(17-23-10-7-6-8-11-23)34(18-24-12-9-13-25(31)16-24)28(35)19-37-26-14-20(2)29(32)21(3)15-26/h6-16,22,27H,5,17-19H2,1-4H3,(H,33,36)/t22-,27+/m0/s1. The van der Waals surface area contributed by atoms with Crippen LogP contribution in [0.2, 0.25) is 10.0 Å². The molecule has 0 bridgehead atoms. The SMILES string of the molecule is CC[C@H](C)NC(=O)[C@@H](Cc1ccccc1)N(Cc1cccc(Cl)c1)C(=O)COc1cc(C)c(Cl)c(C)c1. The van der Waals surface area contributed by atoms with E-state index in [4.69, 9.17) is 27.9 Å². The monoisotopic (exact) mass is 540 g/mol. The first-order chi connectivity index (χ1) is 17.7. The molecule has 0 spiro atoms. The highest BCUT2D eigenvalue weighted by atomic mass is 35.5. The molecule has 7 heteroatoms. The van der Waals surface area contributed by atoms with Crippen LogP contribution in [-0.2, 0) is 22.6 Å². The number of halogens is 2. The summed E-state index contributed by atoms with van der Waals surface area (Å²) in [6.45, 7) is 7.75. The number of benzene rings is 3. The number of hydrogen-bond acceptors (Lipinski definition) is 3. The highest BCUT2D eigenvalue weighted by Gasteiger charge is 2.31. The Bertz CT molecular complexity index is 1190. The first kappa shape index (κ1) is 28.5. The first-order valence-corrected chi connectivity index (χ1v) is 13.2. The second-order valence-electron chi connectivity index (χ2n) is 9.33. The first-order valence-electron chi connectivity index (χ1n) is 12.5. The number of rotatable bonds is 11. The topological polar surface area (TPSA) is 58.6 Å². The summed E-state index contributed by atoms with van der Waals surface area (Å²) in [7, 11) is 0. The molecule has 3 aromatic carbocycles. The third kappa shape index (κ3) is 8.24. The summed E-state index contributed by atoms with van der Waals surface area (Å²) in [5.41, 5.74) is 3.53. The van der Waals surface area contributed by atoms with Crippen molar-refractivity contribution in [1.29, 1.82) is 0 Å². The Kier molecular flexibility index (Phi) is 10.4. The number of carbonyl (C=O) groups excluding carboxylic acids is 2. The minimum Gasteiger partial charge on any atom is -0.484 e. The summed E-state index contributed by atoms with van der Waals surface area (Å²) in [6.07, 6.45) is 1.15. The summed E-state index contributed by atoms with van der Waals surface area (Å²) in [5, 5.41) is 4.30. The van der Waals surface area contributed by atoms with Gasteiger partial charge in [-0.15, -0.1) is 0 Å². The zero-order valence-corrected chi connectivity index (χ0v) is 23.3. The molecule has 5 nitrogen and oxygen atoms in total. The number of carbonyl (C=O) groups is 2. The lowest BCUT2D eigenvalue weighted by atomic mass is 10.0. The lowest BCUT2D eigenvalue weighted by Crippen LogP contribution is -2.53. The van der Waals surface area contributed by atoms with Gasteiger partial charge in [0.15, 0.2) is 6.61 Å². The maximum Gasteiger partial charge on any atom is 0.261 e. The van der Waals surface area contributed by atoms with Crippen LogP contribution < -0.4 is 10.1 Å². The fraction of sp³-hybridized carbons (Fsp3) is 0.333. The predicted octanol–water partition coefficient (Wildman–Crippen LogP) is 6.54. The number of aryl methyl sites for hydroxylation is 2. The lowest BCUT2D eigenvalue weighted by molar-refractivity contribution is -0.143. The second kappa shape index (κ2) is 13.5. The van der Waals surface area contributed by atoms with Crippen molar-refractivity contribution < 1.29 is 14.3 Å². The molecule has 2 atom stereocenters. The van der Waals surface area contributed by atoms with Gasteiger partial charge in [-0.05, 0) is 73.7 Å². The van der Waals surface area contributed by atoms with E-state index in [1.165, 1.54) is 0 Å². The van der Waals surface area contributed by atoms with Gasteiger partial charge in [-0.3, -0.25) is 9.59 Å². The van der Waals surface area contributed by atoms with Gasteiger partial charge in [0.05, 0.1) is 0 Å². The Morgan fingerprint density at radius 3 is 2.22 bits per heavy atom. The van der Waals surface area contributed by atoms with E-state index in [2.05, 4.69) is 5.32 Å². The normalized spacial score (nSPS) is 12.5. The fourth-order valence-corrected chi connectivity index (χ4v) is 4.37. The van der Waals surface area contributed by atoms with E-state index in [9.17, 15) is 9.59 Å². The quantitative estimate of drug-likeness (QED) is 0.300. The molecular weight excluding hydrogens is 507 g/mol. The minimum atomic E-state index is -0.736. The summed E-state index contributed by atoms with van der Waals surface area (Å²) in [4.78, 5) is 28.8. The number of nitrogens with zero attached hydrogens (tertiary/aromatic N) is 1. The van der Waals surface area contributed by atoms with Crippen LogP contribution in [0, 0.1) is 13.8 Å². The van der Waals surface area contributed by atoms with Crippen LogP contribution in [0.5, 0.6) is 5.75 Å². The van der Waals surface area contributed by atoms with Crippen molar-refractivity contribution in [2.75, 3.05) is 6.61 Å². The number of hydrogen-bond donors (Lipinski definition) is 1. The Morgan fingerprint density at radius 2 is 1.59 bits per heavy atom. The molecule has 196 valence electrons. The van der Waals surface area contributed by atoms with Crippen LogP contribution in [0.4, 0.5) is 0 Å². The molecular formula is C30H34Cl2N2O3. The van der Waals surface area contributed by atoms with Gasteiger partial charge in [0.1, 0.15) is 11.8 Å².